The lowest BCUT2D eigenvalue weighted by atomic mass is 9.81. The van der Waals surface area contributed by atoms with Gasteiger partial charge in [0.2, 0.25) is 0 Å². The van der Waals surface area contributed by atoms with Crippen LogP contribution in [-0.2, 0) is 12.0 Å². The number of rotatable bonds is 4. The number of aromatic nitrogens is 4. The van der Waals surface area contributed by atoms with Gasteiger partial charge in [0.05, 0.1) is 16.6 Å². The molecule has 4 rings (SSSR count). The Morgan fingerprint density at radius 2 is 2.12 bits per heavy atom. The molecule has 0 bridgehead atoms. The van der Waals surface area contributed by atoms with E-state index in [2.05, 4.69) is 40.6 Å². The van der Waals surface area contributed by atoms with E-state index in [1.54, 1.807) is 4.80 Å². The highest BCUT2D eigenvalue weighted by molar-refractivity contribution is 6.42. The molecule has 1 saturated heterocycles. The predicted molar refractivity (Wildman–Crippen MR) is 94.6 cm³/mol. The van der Waals surface area contributed by atoms with Crippen molar-refractivity contribution in [2.75, 3.05) is 13.1 Å². The van der Waals surface area contributed by atoms with E-state index in [1.807, 2.05) is 12.1 Å². The molecule has 0 radical (unpaired) electrons. The minimum atomic E-state index is 0.122. The van der Waals surface area contributed by atoms with Crippen LogP contribution in [0.4, 0.5) is 0 Å². The van der Waals surface area contributed by atoms with Crippen LogP contribution in [0.25, 0.3) is 0 Å². The maximum atomic E-state index is 6.27. The van der Waals surface area contributed by atoms with E-state index in [0.29, 0.717) is 16.0 Å². The highest BCUT2D eigenvalue weighted by atomic mass is 35.5. The van der Waals surface area contributed by atoms with Crippen LogP contribution in [0.3, 0.4) is 0 Å². The van der Waals surface area contributed by atoms with Crippen molar-refractivity contribution in [2.45, 2.75) is 44.6 Å². The zero-order valence-corrected chi connectivity index (χ0v) is 15.4. The summed E-state index contributed by atoms with van der Waals surface area (Å²) in [7, 11) is 0. The summed E-state index contributed by atoms with van der Waals surface area (Å²) in [5.74, 6) is 1.09. The second-order valence-corrected chi connectivity index (χ2v) is 8.24. The summed E-state index contributed by atoms with van der Waals surface area (Å²) in [6, 6.07) is 6.06. The third-order valence-electron chi connectivity index (χ3n) is 5.62. The van der Waals surface area contributed by atoms with Crippen LogP contribution in [0.1, 0.15) is 44.0 Å². The maximum absolute atomic E-state index is 6.27. The van der Waals surface area contributed by atoms with Crippen molar-refractivity contribution >= 4 is 23.2 Å². The summed E-state index contributed by atoms with van der Waals surface area (Å²) in [6.07, 6.45) is 2.21. The van der Waals surface area contributed by atoms with E-state index in [1.165, 1.54) is 5.56 Å². The van der Waals surface area contributed by atoms with Crippen LogP contribution in [0, 0.1) is 5.41 Å². The van der Waals surface area contributed by atoms with Crippen LogP contribution >= 0.6 is 23.2 Å². The van der Waals surface area contributed by atoms with Crippen molar-refractivity contribution in [3.8, 4) is 0 Å². The van der Waals surface area contributed by atoms with Crippen LogP contribution in [0.5, 0.6) is 0 Å². The Balaban J connectivity index is 1.64. The molecule has 0 spiro atoms. The van der Waals surface area contributed by atoms with Gasteiger partial charge in [0.1, 0.15) is 0 Å². The fourth-order valence-electron chi connectivity index (χ4n) is 4.18. The molecule has 1 saturated carbocycles. The number of hydrogen-bond acceptors (Lipinski definition) is 4. The molecule has 0 unspecified atom stereocenters. The third-order valence-corrected chi connectivity index (χ3v) is 6.36. The molecule has 1 aromatic carbocycles. The van der Waals surface area contributed by atoms with Gasteiger partial charge in [0, 0.05) is 23.3 Å². The van der Waals surface area contributed by atoms with Crippen LogP contribution in [-0.4, -0.2) is 33.3 Å². The zero-order valence-electron chi connectivity index (χ0n) is 13.9. The normalized spacial score (nSPS) is 28.9. The van der Waals surface area contributed by atoms with Crippen molar-refractivity contribution in [3.63, 3.8) is 0 Å². The van der Waals surface area contributed by atoms with E-state index >= 15 is 0 Å². The molecule has 128 valence electrons. The second-order valence-electron chi connectivity index (χ2n) is 7.43. The summed E-state index contributed by atoms with van der Waals surface area (Å²) in [5, 5.41) is 17.8. The average molecular weight is 366 g/mol. The number of tetrazole rings is 1. The maximum Gasteiger partial charge on any atom is 0.177 e. The lowest BCUT2D eigenvalue weighted by molar-refractivity contribution is 0.260. The second kappa shape index (κ2) is 5.68. The van der Waals surface area contributed by atoms with E-state index < -0.39 is 0 Å². The Bertz CT molecular complexity index is 774. The molecule has 1 aromatic heterocycles. The standard InChI is InChI=1S/C17H21Cl2N5/c1-11(2)15-21-23-24(22-15)10-16-8-17(16,5-6-20-9-16)12-3-4-13(18)14(19)7-12/h3-4,7,11,20H,5-6,8-10H2,1-2H3/t16-,17-/m0/s1. The molecule has 5 nitrogen and oxygen atoms in total. The van der Waals surface area contributed by atoms with Crippen molar-refractivity contribution in [1.29, 1.82) is 0 Å². The Morgan fingerprint density at radius 3 is 2.83 bits per heavy atom. The van der Waals surface area contributed by atoms with Crippen molar-refractivity contribution < 1.29 is 0 Å². The molecular formula is C17H21Cl2N5. The van der Waals surface area contributed by atoms with Crippen molar-refractivity contribution in [3.05, 3.63) is 39.6 Å². The number of piperidine rings is 1. The summed E-state index contributed by atoms with van der Waals surface area (Å²) < 4.78 is 0. The van der Waals surface area contributed by atoms with Crippen LogP contribution in [0.2, 0.25) is 10.0 Å². The molecule has 2 aromatic rings. The predicted octanol–water partition coefficient (Wildman–Crippen LogP) is 3.42. The fraction of sp³-hybridized carbons (Fsp3) is 0.588. The van der Waals surface area contributed by atoms with E-state index in [4.69, 9.17) is 23.2 Å². The first kappa shape index (κ1) is 16.3. The molecule has 1 aliphatic heterocycles. The van der Waals surface area contributed by atoms with E-state index in [9.17, 15) is 0 Å². The van der Waals surface area contributed by atoms with Crippen LogP contribution < -0.4 is 5.32 Å². The number of halogens is 2. The lowest BCUT2D eigenvalue weighted by Crippen LogP contribution is -2.41. The molecule has 1 N–H and O–H groups in total. The molecule has 2 atom stereocenters. The lowest BCUT2D eigenvalue weighted by Gasteiger charge is -2.31. The quantitative estimate of drug-likeness (QED) is 0.901. The Kier molecular flexibility index (Phi) is 3.86. The molecule has 2 fully saturated rings. The first-order valence-corrected chi connectivity index (χ1v) is 9.15. The smallest absolute Gasteiger partial charge is 0.177 e. The van der Waals surface area contributed by atoms with Gasteiger partial charge in [0.25, 0.3) is 0 Å². The molecule has 0 amide bonds. The van der Waals surface area contributed by atoms with Gasteiger partial charge in [-0.25, -0.2) is 0 Å². The monoisotopic (exact) mass is 365 g/mol. The minimum Gasteiger partial charge on any atom is -0.316 e. The number of fused-ring (bicyclic) bond motifs is 1. The summed E-state index contributed by atoms with van der Waals surface area (Å²) in [5.41, 5.74) is 1.54. The molecular weight excluding hydrogens is 345 g/mol. The highest BCUT2D eigenvalue weighted by Gasteiger charge is 2.68. The first-order chi connectivity index (χ1) is 11.5. The largest absolute Gasteiger partial charge is 0.316 e. The molecule has 24 heavy (non-hydrogen) atoms. The van der Waals surface area contributed by atoms with Gasteiger partial charge in [-0.05, 0) is 42.3 Å². The zero-order chi connectivity index (χ0) is 16.9. The first-order valence-electron chi connectivity index (χ1n) is 8.40. The van der Waals surface area contributed by atoms with Gasteiger partial charge in [-0.2, -0.15) is 4.80 Å². The van der Waals surface area contributed by atoms with Crippen molar-refractivity contribution in [2.24, 2.45) is 5.41 Å². The topological polar surface area (TPSA) is 55.6 Å². The average Bonchev–Trinajstić information content (AvgIpc) is 3.00. The SMILES string of the molecule is CC(C)c1nnn(C[C@]23CNCC[C@@]2(c2ccc(Cl)c(Cl)c2)C3)n1. The number of hydrogen-bond donors (Lipinski definition) is 1. The van der Waals surface area contributed by atoms with Crippen LogP contribution in [0.15, 0.2) is 18.2 Å². The number of benzene rings is 1. The van der Waals surface area contributed by atoms with Gasteiger partial charge < -0.3 is 5.32 Å². The van der Waals surface area contributed by atoms with Gasteiger partial charge in [-0.15, -0.1) is 10.2 Å². The van der Waals surface area contributed by atoms with Gasteiger partial charge in [-0.3, -0.25) is 0 Å². The summed E-state index contributed by atoms with van der Waals surface area (Å²) in [4.78, 5) is 1.77. The van der Waals surface area contributed by atoms with Gasteiger partial charge in [-0.1, -0.05) is 43.1 Å². The van der Waals surface area contributed by atoms with E-state index in [-0.39, 0.29) is 10.8 Å². The van der Waals surface area contributed by atoms with E-state index in [0.717, 1.165) is 38.3 Å². The Labute approximate surface area is 151 Å². The number of nitrogens with zero attached hydrogens (tertiary/aromatic N) is 4. The van der Waals surface area contributed by atoms with Gasteiger partial charge in [0.15, 0.2) is 5.82 Å². The van der Waals surface area contributed by atoms with Gasteiger partial charge >= 0.3 is 0 Å². The summed E-state index contributed by atoms with van der Waals surface area (Å²) >= 11 is 12.4. The minimum absolute atomic E-state index is 0.122. The Morgan fingerprint density at radius 1 is 1.29 bits per heavy atom. The fourth-order valence-corrected chi connectivity index (χ4v) is 4.48. The van der Waals surface area contributed by atoms with Crippen molar-refractivity contribution in [1.82, 2.24) is 25.5 Å². The third kappa shape index (κ3) is 2.45. The Hall–Kier alpha value is -1.17. The molecule has 7 heteroatoms. The highest BCUT2D eigenvalue weighted by Crippen LogP contribution is 2.68. The molecule has 2 aliphatic rings. The molecule has 2 heterocycles. The number of nitrogens with one attached hydrogen (secondary N) is 1. The summed E-state index contributed by atoms with van der Waals surface area (Å²) in [6.45, 7) is 6.92. The molecule has 1 aliphatic carbocycles.